The molecule has 0 spiro atoms. The molecule has 0 bridgehead atoms. The molecule has 0 rings (SSSR count). The van der Waals surface area contributed by atoms with E-state index in [1.807, 2.05) is 13.8 Å². The maximum Gasteiger partial charge on any atom is 0.135 e. The van der Waals surface area contributed by atoms with Crippen LogP contribution >= 0.6 is 0 Å². The van der Waals surface area contributed by atoms with E-state index in [-0.39, 0.29) is 17.2 Å². The number of carbonyl (C=O) groups is 1. The van der Waals surface area contributed by atoms with E-state index in [2.05, 4.69) is 13.8 Å². The van der Waals surface area contributed by atoms with Gasteiger partial charge in [-0.3, -0.25) is 4.79 Å². The summed E-state index contributed by atoms with van der Waals surface area (Å²) in [6, 6.07) is 0.129. The summed E-state index contributed by atoms with van der Waals surface area (Å²) >= 11 is 0. The van der Waals surface area contributed by atoms with E-state index in [4.69, 9.17) is 5.73 Å². The second-order valence-electron chi connectivity index (χ2n) is 4.55. The molecule has 0 saturated carbocycles. The molecule has 0 fully saturated rings. The van der Waals surface area contributed by atoms with E-state index in [9.17, 15) is 4.79 Å². The topological polar surface area (TPSA) is 43.1 Å². The number of ketones is 1. The van der Waals surface area contributed by atoms with E-state index in [0.29, 0.717) is 5.92 Å². The lowest BCUT2D eigenvalue weighted by atomic mass is 9.80. The Hall–Kier alpha value is -0.370. The first-order valence-corrected chi connectivity index (χ1v) is 4.54. The summed E-state index contributed by atoms with van der Waals surface area (Å²) in [5.74, 6) is 0.669. The normalized spacial score (nSPS) is 14.9. The summed E-state index contributed by atoms with van der Waals surface area (Å²) in [4.78, 5) is 11.2. The molecule has 0 aromatic carbocycles. The number of rotatable bonds is 4. The van der Waals surface area contributed by atoms with Crippen LogP contribution in [0.1, 0.15) is 41.0 Å². The summed E-state index contributed by atoms with van der Waals surface area (Å²) in [6.45, 7) is 9.71. The van der Waals surface area contributed by atoms with E-state index in [1.165, 1.54) is 0 Å². The summed E-state index contributed by atoms with van der Waals surface area (Å²) in [6.07, 6.45) is 0.778. The van der Waals surface area contributed by atoms with Gasteiger partial charge in [-0.1, -0.05) is 27.7 Å². The Bertz CT molecular complexity index is 161. The van der Waals surface area contributed by atoms with Crippen molar-refractivity contribution >= 4 is 5.78 Å². The second-order valence-corrected chi connectivity index (χ2v) is 4.55. The zero-order valence-corrected chi connectivity index (χ0v) is 8.85. The first-order chi connectivity index (χ1) is 5.27. The number of hydrogen-bond acceptors (Lipinski definition) is 2. The predicted molar refractivity (Wildman–Crippen MR) is 51.9 cm³/mol. The molecule has 2 heteroatoms. The highest BCUT2D eigenvalue weighted by molar-refractivity contribution is 5.81. The maximum atomic E-state index is 11.2. The lowest BCUT2D eigenvalue weighted by Gasteiger charge is -2.27. The number of hydrogen-bond donors (Lipinski definition) is 1. The minimum absolute atomic E-state index is 0.129. The van der Waals surface area contributed by atoms with Crippen LogP contribution < -0.4 is 5.73 Å². The average Bonchev–Trinajstić information content (AvgIpc) is 1.85. The molecule has 0 unspecified atom stereocenters. The van der Waals surface area contributed by atoms with Crippen molar-refractivity contribution in [2.24, 2.45) is 17.1 Å². The van der Waals surface area contributed by atoms with Gasteiger partial charge in [-0.05, 0) is 19.3 Å². The van der Waals surface area contributed by atoms with Crippen molar-refractivity contribution in [1.29, 1.82) is 0 Å². The third-order valence-corrected chi connectivity index (χ3v) is 2.56. The third kappa shape index (κ3) is 3.35. The van der Waals surface area contributed by atoms with Gasteiger partial charge in [0.25, 0.3) is 0 Å². The van der Waals surface area contributed by atoms with Crippen molar-refractivity contribution in [2.75, 3.05) is 0 Å². The first-order valence-electron chi connectivity index (χ1n) is 4.54. The molecule has 0 aromatic rings. The van der Waals surface area contributed by atoms with Crippen LogP contribution in [0, 0.1) is 11.3 Å². The van der Waals surface area contributed by atoms with Crippen LogP contribution in [0.5, 0.6) is 0 Å². The molecular formula is C10H21NO. The van der Waals surface area contributed by atoms with E-state index in [1.54, 1.807) is 6.92 Å². The standard InChI is InChI=1S/C10H21NO/c1-7(2)9(11)6-10(4,5)8(3)12/h7,9H,6,11H2,1-5H3/t9-/m1/s1. The molecule has 1 atom stereocenters. The average molecular weight is 171 g/mol. The Kier molecular flexibility index (Phi) is 3.91. The zero-order chi connectivity index (χ0) is 9.94. The predicted octanol–water partition coefficient (Wildman–Crippen LogP) is 1.98. The third-order valence-electron chi connectivity index (χ3n) is 2.56. The summed E-state index contributed by atoms with van der Waals surface area (Å²) < 4.78 is 0. The highest BCUT2D eigenvalue weighted by Gasteiger charge is 2.27. The monoisotopic (exact) mass is 171 g/mol. The van der Waals surface area contributed by atoms with Gasteiger partial charge in [0.2, 0.25) is 0 Å². The van der Waals surface area contributed by atoms with Gasteiger partial charge in [0.1, 0.15) is 5.78 Å². The molecule has 72 valence electrons. The number of nitrogens with two attached hydrogens (primary N) is 1. The van der Waals surface area contributed by atoms with Crippen LogP contribution in [-0.4, -0.2) is 11.8 Å². The molecule has 2 N–H and O–H groups in total. The highest BCUT2D eigenvalue weighted by atomic mass is 16.1. The van der Waals surface area contributed by atoms with Crippen LogP contribution in [0.2, 0.25) is 0 Å². The maximum absolute atomic E-state index is 11.2. The van der Waals surface area contributed by atoms with Crippen LogP contribution in [0.3, 0.4) is 0 Å². The fourth-order valence-corrected chi connectivity index (χ4v) is 0.969. The van der Waals surface area contributed by atoms with Crippen molar-refractivity contribution < 1.29 is 4.79 Å². The highest BCUT2D eigenvalue weighted by Crippen LogP contribution is 2.24. The number of Topliss-reactive ketones (excluding diaryl/α,β-unsaturated/α-hetero) is 1. The van der Waals surface area contributed by atoms with Crippen molar-refractivity contribution in [3.63, 3.8) is 0 Å². The minimum atomic E-state index is -0.260. The minimum Gasteiger partial charge on any atom is -0.327 e. The smallest absolute Gasteiger partial charge is 0.135 e. The summed E-state index contributed by atoms with van der Waals surface area (Å²) in [5, 5.41) is 0. The first kappa shape index (κ1) is 11.6. The molecule has 0 aliphatic carbocycles. The molecule has 0 aromatic heterocycles. The fourth-order valence-electron chi connectivity index (χ4n) is 0.969. The van der Waals surface area contributed by atoms with Crippen molar-refractivity contribution in [1.82, 2.24) is 0 Å². The molecule has 0 amide bonds. The summed E-state index contributed by atoms with van der Waals surface area (Å²) in [5.41, 5.74) is 5.63. The quantitative estimate of drug-likeness (QED) is 0.702. The van der Waals surface area contributed by atoms with Gasteiger partial charge in [0.15, 0.2) is 0 Å². The SMILES string of the molecule is CC(=O)C(C)(C)C[C@@H](N)C(C)C. The Morgan fingerprint density at radius 2 is 1.83 bits per heavy atom. The van der Waals surface area contributed by atoms with Gasteiger partial charge >= 0.3 is 0 Å². The van der Waals surface area contributed by atoms with Gasteiger partial charge in [-0.25, -0.2) is 0 Å². The molecular weight excluding hydrogens is 150 g/mol. The second kappa shape index (κ2) is 4.04. The Balaban J connectivity index is 4.15. The largest absolute Gasteiger partial charge is 0.327 e. The van der Waals surface area contributed by atoms with E-state index >= 15 is 0 Å². The van der Waals surface area contributed by atoms with Gasteiger partial charge in [-0.15, -0.1) is 0 Å². The van der Waals surface area contributed by atoms with Crippen LogP contribution in [0.15, 0.2) is 0 Å². The lowest BCUT2D eigenvalue weighted by molar-refractivity contribution is -0.125. The van der Waals surface area contributed by atoms with Gasteiger partial charge in [-0.2, -0.15) is 0 Å². The molecule has 2 nitrogen and oxygen atoms in total. The fraction of sp³-hybridized carbons (Fsp3) is 0.900. The van der Waals surface area contributed by atoms with Crippen molar-refractivity contribution in [2.45, 2.75) is 47.1 Å². The van der Waals surface area contributed by atoms with Crippen molar-refractivity contribution in [3.05, 3.63) is 0 Å². The van der Waals surface area contributed by atoms with Crippen LogP contribution in [0.4, 0.5) is 0 Å². The zero-order valence-electron chi connectivity index (χ0n) is 8.85. The van der Waals surface area contributed by atoms with E-state index in [0.717, 1.165) is 6.42 Å². The Morgan fingerprint density at radius 3 is 2.08 bits per heavy atom. The lowest BCUT2D eigenvalue weighted by Crippen LogP contribution is -2.35. The molecule has 0 aliphatic heterocycles. The molecule has 0 heterocycles. The van der Waals surface area contributed by atoms with Gasteiger partial charge in [0, 0.05) is 11.5 Å². The molecule has 0 radical (unpaired) electrons. The molecule has 0 aliphatic rings. The Labute approximate surface area is 75.5 Å². The van der Waals surface area contributed by atoms with Gasteiger partial charge < -0.3 is 5.73 Å². The van der Waals surface area contributed by atoms with Crippen molar-refractivity contribution in [3.8, 4) is 0 Å². The number of carbonyl (C=O) groups excluding carboxylic acids is 1. The van der Waals surface area contributed by atoms with E-state index < -0.39 is 0 Å². The van der Waals surface area contributed by atoms with Gasteiger partial charge in [0.05, 0.1) is 0 Å². The summed E-state index contributed by atoms with van der Waals surface area (Å²) in [7, 11) is 0. The molecule has 12 heavy (non-hydrogen) atoms. The molecule has 0 saturated heterocycles. The van der Waals surface area contributed by atoms with Crippen LogP contribution in [0.25, 0.3) is 0 Å². The van der Waals surface area contributed by atoms with Crippen LogP contribution in [-0.2, 0) is 4.79 Å². The Morgan fingerprint density at radius 1 is 1.42 bits per heavy atom.